The van der Waals surface area contributed by atoms with Crippen LogP contribution in [0.4, 0.5) is 4.79 Å². The molecular formula is C24H28N2O5. The van der Waals surface area contributed by atoms with E-state index >= 15 is 0 Å². The van der Waals surface area contributed by atoms with Gasteiger partial charge in [0.05, 0.1) is 7.11 Å². The molecule has 0 spiro atoms. The average molecular weight is 424 g/mol. The summed E-state index contributed by atoms with van der Waals surface area (Å²) in [5.41, 5.74) is 1.40. The van der Waals surface area contributed by atoms with E-state index in [2.05, 4.69) is 0 Å². The number of ether oxygens (including phenoxy) is 2. The van der Waals surface area contributed by atoms with Crippen molar-refractivity contribution in [2.45, 2.75) is 45.4 Å². The Morgan fingerprint density at radius 2 is 1.65 bits per heavy atom. The summed E-state index contributed by atoms with van der Waals surface area (Å²) >= 11 is 0. The lowest BCUT2D eigenvalue weighted by Crippen LogP contribution is -2.62. The van der Waals surface area contributed by atoms with Gasteiger partial charge in [-0.15, -0.1) is 0 Å². The van der Waals surface area contributed by atoms with Gasteiger partial charge >= 0.3 is 6.09 Å². The normalized spacial score (nSPS) is 17.0. The predicted octanol–water partition coefficient (Wildman–Crippen LogP) is 3.41. The van der Waals surface area contributed by atoms with Crippen LogP contribution in [0, 0.1) is 0 Å². The predicted molar refractivity (Wildman–Crippen MR) is 115 cm³/mol. The maximum atomic E-state index is 13.3. The summed E-state index contributed by atoms with van der Waals surface area (Å²) in [5, 5.41) is 0. The Morgan fingerprint density at radius 1 is 1.00 bits per heavy atom. The van der Waals surface area contributed by atoms with Gasteiger partial charge in [0.15, 0.2) is 0 Å². The SMILES string of the molecule is COC(=O)N1C(=O)CN(Cc2ccccc2)C(=O)[C@@H]1Cc1ccc(OC(C)(C)C)cc1. The number of rotatable bonds is 5. The molecule has 3 rings (SSSR count). The molecular weight excluding hydrogens is 396 g/mol. The minimum atomic E-state index is -0.966. The number of hydrogen-bond donors (Lipinski definition) is 0. The molecule has 1 heterocycles. The number of imide groups is 1. The highest BCUT2D eigenvalue weighted by Crippen LogP contribution is 2.23. The van der Waals surface area contributed by atoms with Crippen LogP contribution >= 0.6 is 0 Å². The zero-order chi connectivity index (χ0) is 22.6. The van der Waals surface area contributed by atoms with E-state index < -0.39 is 18.0 Å². The van der Waals surface area contributed by atoms with Gasteiger partial charge in [0.2, 0.25) is 5.91 Å². The van der Waals surface area contributed by atoms with Gasteiger partial charge in [-0.2, -0.15) is 0 Å². The Hall–Kier alpha value is -3.35. The average Bonchev–Trinajstić information content (AvgIpc) is 2.72. The number of methoxy groups -OCH3 is 1. The van der Waals surface area contributed by atoms with Crippen LogP contribution in [-0.4, -0.2) is 53.0 Å². The van der Waals surface area contributed by atoms with Crippen LogP contribution in [0.2, 0.25) is 0 Å². The van der Waals surface area contributed by atoms with Gasteiger partial charge in [-0.3, -0.25) is 9.59 Å². The number of amides is 3. The molecule has 0 saturated carbocycles. The Morgan fingerprint density at radius 3 is 2.23 bits per heavy atom. The van der Waals surface area contributed by atoms with Gasteiger partial charge in [0.25, 0.3) is 5.91 Å². The number of piperazine rings is 1. The third kappa shape index (κ3) is 5.63. The van der Waals surface area contributed by atoms with E-state index in [0.717, 1.165) is 16.0 Å². The molecule has 0 bridgehead atoms. The first kappa shape index (κ1) is 22.3. The van der Waals surface area contributed by atoms with Crippen LogP contribution in [0.25, 0.3) is 0 Å². The summed E-state index contributed by atoms with van der Waals surface area (Å²) in [6.45, 7) is 6.02. The van der Waals surface area contributed by atoms with Crippen LogP contribution in [0.1, 0.15) is 31.9 Å². The number of nitrogens with zero attached hydrogens (tertiary/aromatic N) is 2. The molecule has 0 radical (unpaired) electrons. The molecule has 1 aliphatic heterocycles. The second kappa shape index (κ2) is 9.20. The van der Waals surface area contributed by atoms with Crippen molar-refractivity contribution in [3.8, 4) is 5.75 Å². The number of benzene rings is 2. The molecule has 7 heteroatoms. The van der Waals surface area contributed by atoms with Crippen molar-refractivity contribution in [2.75, 3.05) is 13.7 Å². The first-order chi connectivity index (χ1) is 14.7. The van der Waals surface area contributed by atoms with Crippen molar-refractivity contribution >= 4 is 17.9 Å². The van der Waals surface area contributed by atoms with Crippen molar-refractivity contribution in [3.63, 3.8) is 0 Å². The second-order valence-electron chi connectivity index (χ2n) is 8.49. The number of carbonyl (C=O) groups excluding carboxylic acids is 3. The Bertz CT molecular complexity index is 935. The molecule has 1 atom stereocenters. The summed E-state index contributed by atoms with van der Waals surface area (Å²) < 4.78 is 10.6. The molecule has 2 aromatic carbocycles. The molecule has 1 fully saturated rings. The van der Waals surface area contributed by atoms with Crippen molar-refractivity contribution in [2.24, 2.45) is 0 Å². The largest absolute Gasteiger partial charge is 0.488 e. The third-order valence-corrected chi connectivity index (χ3v) is 4.87. The summed E-state index contributed by atoms with van der Waals surface area (Å²) in [5.74, 6) is -0.0400. The summed E-state index contributed by atoms with van der Waals surface area (Å²) in [6, 6.07) is 15.8. The van der Waals surface area contributed by atoms with Gasteiger partial charge in [-0.1, -0.05) is 42.5 Å². The van der Waals surface area contributed by atoms with Gasteiger partial charge < -0.3 is 14.4 Å². The van der Waals surface area contributed by atoms with Crippen LogP contribution in [0.3, 0.4) is 0 Å². The second-order valence-corrected chi connectivity index (χ2v) is 8.49. The first-order valence-corrected chi connectivity index (χ1v) is 10.2. The quantitative estimate of drug-likeness (QED) is 0.735. The molecule has 0 N–H and O–H groups in total. The van der Waals surface area contributed by atoms with Gasteiger partial charge in [-0.05, 0) is 44.0 Å². The number of hydrogen-bond acceptors (Lipinski definition) is 5. The number of carbonyl (C=O) groups is 3. The van der Waals surface area contributed by atoms with Crippen LogP contribution in [-0.2, 0) is 27.3 Å². The van der Waals surface area contributed by atoms with E-state index in [1.165, 1.54) is 12.0 Å². The molecule has 0 unspecified atom stereocenters. The topological polar surface area (TPSA) is 76.2 Å². The fraction of sp³-hybridized carbons (Fsp3) is 0.375. The molecule has 1 saturated heterocycles. The Kier molecular flexibility index (Phi) is 6.63. The monoisotopic (exact) mass is 424 g/mol. The van der Waals surface area contributed by atoms with Crippen LogP contribution in [0.15, 0.2) is 54.6 Å². The highest BCUT2D eigenvalue weighted by Gasteiger charge is 2.43. The summed E-state index contributed by atoms with van der Waals surface area (Å²) in [6.07, 6.45) is -0.629. The lowest BCUT2D eigenvalue weighted by molar-refractivity contribution is -0.154. The van der Waals surface area contributed by atoms with Crippen molar-refractivity contribution in [1.29, 1.82) is 0 Å². The van der Waals surface area contributed by atoms with E-state index in [1.807, 2.05) is 75.4 Å². The molecule has 31 heavy (non-hydrogen) atoms. The van der Waals surface area contributed by atoms with Crippen molar-refractivity contribution in [3.05, 3.63) is 65.7 Å². The lowest BCUT2D eigenvalue weighted by Gasteiger charge is -2.38. The standard InChI is InChI=1S/C24H28N2O5/c1-24(2,3)31-19-12-10-17(11-13-19)14-20-22(28)25(15-18-8-6-5-7-9-18)16-21(27)26(20)23(29)30-4/h5-13,20H,14-16H2,1-4H3/t20-/m0/s1. The summed E-state index contributed by atoms with van der Waals surface area (Å²) in [7, 11) is 1.20. The van der Waals surface area contributed by atoms with Crippen molar-refractivity contribution < 1.29 is 23.9 Å². The summed E-state index contributed by atoms with van der Waals surface area (Å²) in [4.78, 5) is 40.7. The fourth-order valence-electron chi connectivity index (χ4n) is 3.53. The minimum absolute atomic E-state index is 0.169. The van der Waals surface area contributed by atoms with Gasteiger partial charge in [-0.25, -0.2) is 9.69 Å². The highest BCUT2D eigenvalue weighted by atomic mass is 16.5. The van der Waals surface area contributed by atoms with E-state index in [-0.39, 0.29) is 24.5 Å². The van der Waals surface area contributed by atoms with Gasteiger partial charge in [0.1, 0.15) is 23.9 Å². The molecule has 0 aliphatic carbocycles. The van der Waals surface area contributed by atoms with E-state index in [4.69, 9.17) is 9.47 Å². The maximum absolute atomic E-state index is 13.3. The van der Waals surface area contributed by atoms with E-state index in [0.29, 0.717) is 12.3 Å². The molecule has 1 aliphatic rings. The maximum Gasteiger partial charge on any atom is 0.417 e. The zero-order valence-corrected chi connectivity index (χ0v) is 18.3. The van der Waals surface area contributed by atoms with E-state index in [1.54, 1.807) is 0 Å². The first-order valence-electron chi connectivity index (χ1n) is 10.2. The van der Waals surface area contributed by atoms with Crippen LogP contribution < -0.4 is 4.74 Å². The molecule has 7 nitrogen and oxygen atoms in total. The lowest BCUT2D eigenvalue weighted by atomic mass is 10.0. The van der Waals surface area contributed by atoms with Crippen molar-refractivity contribution in [1.82, 2.24) is 9.80 Å². The molecule has 164 valence electrons. The fourth-order valence-corrected chi connectivity index (χ4v) is 3.53. The third-order valence-electron chi connectivity index (χ3n) is 4.87. The molecule has 2 aromatic rings. The van der Waals surface area contributed by atoms with E-state index in [9.17, 15) is 14.4 Å². The molecule has 3 amide bonds. The minimum Gasteiger partial charge on any atom is -0.488 e. The van der Waals surface area contributed by atoms with Crippen LogP contribution in [0.5, 0.6) is 5.75 Å². The highest BCUT2D eigenvalue weighted by molar-refractivity contribution is 6.03. The van der Waals surface area contributed by atoms with Gasteiger partial charge in [0, 0.05) is 13.0 Å². The Labute approximate surface area is 182 Å². The zero-order valence-electron chi connectivity index (χ0n) is 18.3. The Balaban J connectivity index is 1.83. The smallest absolute Gasteiger partial charge is 0.417 e. The molecule has 0 aromatic heterocycles.